The molecule has 0 saturated heterocycles. The van der Waals surface area contributed by atoms with E-state index in [4.69, 9.17) is 9.47 Å². The number of methoxy groups -OCH3 is 1. The van der Waals surface area contributed by atoms with Gasteiger partial charge in [0.2, 0.25) is 0 Å². The Kier molecular flexibility index (Phi) is 4.73. The van der Waals surface area contributed by atoms with Crippen LogP contribution in [0.3, 0.4) is 0 Å². The van der Waals surface area contributed by atoms with E-state index in [1.807, 2.05) is 12.1 Å². The average Bonchev–Trinajstić information content (AvgIpc) is 2.26. The quantitative estimate of drug-likeness (QED) is 0.760. The number of alkyl halides is 2. The van der Waals surface area contributed by atoms with Crippen LogP contribution in [-0.4, -0.2) is 20.4 Å². The molecule has 2 nitrogen and oxygen atoms in total. The van der Waals surface area contributed by atoms with Crippen molar-refractivity contribution in [1.82, 2.24) is 0 Å². The van der Waals surface area contributed by atoms with Crippen LogP contribution in [0, 0.1) is 0 Å². The second kappa shape index (κ2) is 5.86. The lowest BCUT2D eigenvalue weighted by molar-refractivity contribution is 0.260. The molecule has 78 valence electrons. The second-order valence-corrected chi connectivity index (χ2v) is 3.22. The Labute approximate surface area is 91.2 Å². The van der Waals surface area contributed by atoms with Crippen LogP contribution < -0.4 is 9.47 Å². The first-order valence-electron chi connectivity index (χ1n) is 4.23. The van der Waals surface area contributed by atoms with Crippen LogP contribution in [0.25, 0.3) is 0 Å². The van der Waals surface area contributed by atoms with Gasteiger partial charge in [-0.25, -0.2) is 4.39 Å². The Bertz CT molecular complexity index is 291. The summed E-state index contributed by atoms with van der Waals surface area (Å²) in [6, 6.07) is 5.55. The summed E-state index contributed by atoms with van der Waals surface area (Å²) in [5.41, 5.74) is 1.09. The minimum Gasteiger partial charge on any atom is -0.493 e. The molecule has 1 aromatic rings. The smallest absolute Gasteiger partial charge is 0.161 e. The molecule has 0 aromatic heterocycles. The first-order chi connectivity index (χ1) is 6.81. The molecule has 0 aliphatic rings. The number of benzene rings is 1. The summed E-state index contributed by atoms with van der Waals surface area (Å²) in [6.07, 6.45) is 0. The van der Waals surface area contributed by atoms with E-state index in [1.165, 1.54) is 0 Å². The van der Waals surface area contributed by atoms with E-state index in [9.17, 15) is 4.39 Å². The molecule has 0 bridgehead atoms. The van der Waals surface area contributed by atoms with Gasteiger partial charge in [-0.1, -0.05) is 22.0 Å². The van der Waals surface area contributed by atoms with E-state index < -0.39 is 6.67 Å². The van der Waals surface area contributed by atoms with Gasteiger partial charge in [-0.2, -0.15) is 0 Å². The Morgan fingerprint density at radius 2 is 2.14 bits per heavy atom. The van der Waals surface area contributed by atoms with E-state index in [-0.39, 0.29) is 6.61 Å². The predicted octanol–water partition coefficient (Wildman–Crippen LogP) is 2.94. The fraction of sp³-hybridized carbons (Fsp3) is 0.400. The number of hydrogen-bond acceptors (Lipinski definition) is 2. The van der Waals surface area contributed by atoms with Crippen LogP contribution >= 0.6 is 15.9 Å². The Morgan fingerprint density at radius 1 is 1.36 bits per heavy atom. The monoisotopic (exact) mass is 262 g/mol. The second-order valence-electron chi connectivity index (χ2n) is 2.66. The van der Waals surface area contributed by atoms with Crippen molar-refractivity contribution in [3.05, 3.63) is 23.8 Å². The van der Waals surface area contributed by atoms with E-state index in [0.717, 1.165) is 10.9 Å². The van der Waals surface area contributed by atoms with Crippen LogP contribution in [-0.2, 0) is 5.33 Å². The van der Waals surface area contributed by atoms with Crippen molar-refractivity contribution in [2.45, 2.75) is 5.33 Å². The van der Waals surface area contributed by atoms with Gasteiger partial charge in [0.1, 0.15) is 13.3 Å². The van der Waals surface area contributed by atoms with Crippen LogP contribution in [0.5, 0.6) is 11.5 Å². The zero-order chi connectivity index (χ0) is 10.4. The Hall–Kier alpha value is -0.770. The molecule has 0 amide bonds. The highest BCUT2D eigenvalue weighted by molar-refractivity contribution is 9.08. The third-order valence-corrected chi connectivity index (χ3v) is 2.36. The van der Waals surface area contributed by atoms with Crippen LogP contribution in [0.15, 0.2) is 18.2 Å². The van der Waals surface area contributed by atoms with E-state index in [2.05, 4.69) is 15.9 Å². The first kappa shape index (κ1) is 11.3. The molecule has 0 unspecified atom stereocenters. The van der Waals surface area contributed by atoms with Crippen molar-refractivity contribution < 1.29 is 13.9 Å². The summed E-state index contributed by atoms with van der Waals surface area (Å²) in [4.78, 5) is 0. The molecule has 4 heteroatoms. The lowest BCUT2D eigenvalue weighted by Crippen LogP contribution is -2.00. The molecule has 0 atom stereocenters. The van der Waals surface area contributed by atoms with E-state index >= 15 is 0 Å². The Balaban J connectivity index is 2.82. The van der Waals surface area contributed by atoms with Gasteiger partial charge in [0.15, 0.2) is 11.5 Å². The van der Waals surface area contributed by atoms with Crippen molar-refractivity contribution in [2.75, 3.05) is 20.4 Å². The molecule has 0 fully saturated rings. The molecular weight excluding hydrogens is 251 g/mol. The summed E-state index contributed by atoms with van der Waals surface area (Å²) in [7, 11) is 1.57. The van der Waals surface area contributed by atoms with Gasteiger partial charge in [-0.15, -0.1) is 0 Å². The summed E-state index contributed by atoms with van der Waals surface area (Å²) in [5.74, 6) is 1.21. The van der Waals surface area contributed by atoms with Gasteiger partial charge in [-0.05, 0) is 17.7 Å². The fourth-order valence-corrected chi connectivity index (χ4v) is 1.41. The van der Waals surface area contributed by atoms with Crippen LogP contribution in [0.2, 0.25) is 0 Å². The van der Waals surface area contributed by atoms with Crippen LogP contribution in [0.4, 0.5) is 4.39 Å². The van der Waals surface area contributed by atoms with Gasteiger partial charge >= 0.3 is 0 Å². The maximum Gasteiger partial charge on any atom is 0.161 e. The summed E-state index contributed by atoms with van der Waals surface area (Å²) < 4.78 is 22.2. The molecule has 0 N–H and O–H groups in total. The molecule has 14 heavy (non-hydrogen) atoms. The van der Waals surface area contributed by atoms with Crippen molar-refractivity contribution in [3.63, 3.8) is 0 Å². The SMILES string of the molecule is COc1cc(CBr)ccc1OCCF. The first-order valence-corrected chi connectivity index (χ1v) is 5.35. The largest absolute Gasteiger partial charge is 0.493 e. The predicted molar refractivity (Wildman–Crippen MR) is 57.1 cm³/mol. The van der Waals surface area contributed by atoms with Crippen molar-refractivity contribution in [3.8, 4) is 11.5 Å². The normalized spacial score (nSPS) is 9.93. The standard InChI is InChI=1S/C10H12BrFO2/c1-13-10-6-8(7-11)2-3-9(10)14-5-4-12/h2-3,6H,4-5,7H2,1H3. The van der Waals surface area contributed by atoms with Gasteiger partial charge < -0.3 is 9.47 Å². The minimum absolute atomic E-state index is 0.0595. The van der Waals surface area contributed by atoms with E-state index in [1.54, 1.807) is 13.2 Å². The highest BCUT2D eigenvalue weighted by atomic mass is 79.9. The summed E-state index contributed by atoms with van der Waals surface area (Å²) >= 11 is 3.34. The van der Waals surface area contributed by atoms with Crippen LogP contribution in [0.1, 0.15) is 5.56 Å². The maximum absolute atomic E-state index is 11.9. The molecule has 0 aliphatic heterocycles. The summed E-state index contributed by atoms with van der Waals surface area (Å²) in [6.45, 7) is -0.437. The highest BCUT2D eigenvalue weighted by Gasteiger charge is 2.04. The van der Waals surface area contributed by atoms with Crippen molar-refractivity contribution in [1.29, 1.82) is 0 Å². The molecular formula is C10H12BrFO2. The molecule has 0 saturated carbocycles. The van der Waals surface area contributed by atoms with Gasteiger partial charge in [-0.3, -0.25) is 0 Å². The minimum atomic E-state index is -0.497. The highest BCUT2D eigenvalue weighted by Crippen LogP contribution is 2.28. The molecule has 0 heterocycles. The van der Waals surface area contributed by atoms with Crippen molar-refractivity contribution >= 4 is 15.9 Å². The molecule has 0 spiro atoms. The van der Waals surface area contributed by atoms with Gasteiger partial charge in [0.05, 0.1) is 7.11 Å². The number of hydrogen-bond donors (Lipinski definition) is 0. The third kappa shape index (κ3) is 2.87. The third-order valence-electron chi connectivity index (χ3n) is 1.72. The lowest BCUT2D eigenvalue weighted by atomic mass is 10.2. The number of rotatable bonds is 5. The Morgan fingerprint density at radius 3 is 2.71 bits per heavy atom. The molecule has 0 aliphatic carbocycles. The van der Waals surface area contributed by atoms with E-state index in [0.29, 0.717) is 11.5 Å². The maximum atomic E-state index is 11.9. The molecule has 1 rings (SSSR count). The number of ether oxygens (including phenoxy) is 2. The van der Waals surface area contributed by atoms with Gasteiger partial charge in [0, 0.05) is 5.33 Å². The zero-order valence-corrected chi connectivity index (χ0v) is 9.51. The zero-order valence-electron chi connectivity index (χ0n) is 7.93. The number of halogens is 2. The summed E-state index contributed by atoms with van der Waals surface area (Å²) in [5, 5.41) is 0.757. The molecule has 1 aromatic carbocycles. The fourth-order valence-electron chi connectivity index (χ4n) is 1.06. The topological polar surface area (TPSA) is 18.5 Å². The average molecular weight is 263 g/mol. The van der Waals surface area contributed by atoms with Gasteiger partial charge in [0.25, 0.3) is 0 Å². The lowest BCUT2D eigenvalue weighted by Gasteiger charge is -2.10. The van der Waals surface area contributed by atoms with Crippen molar-refractivity contribution in [2.24, 2.45) is 0 Å². The molecule has 0 radical (unpaired) electrons.